The maximum Gasteiger partial charge on any atom is 0.338 e. The fraction of sp³-hybridized carbons (Fsp3) is 0.500. The van der Waals surface area contributed by atoms with Gasteiger partial charge in [0.1, 0.15) is 0 Å². The maximum absolute atomic E-state index is 12.1. The van der Waals surface area contributed by atoms with E-state index in [2.05, 4.69) is 13.8 Å². The molecule has 0 aliphatic carbocycles. The van der Waals surface area contributed by atoms with Gasteiger partial charge in [-0.15, -0.1) is 0 Å². The van der Waals surface area contributed by atoms with Gasteiger partial charge in [-0.1, -0.05) is 19.9 Å². The van der Waals surface area contributed by atoms with Gasteiger partial charge in [-0.2, -0.15) is 0 Å². The van der Waals surface area contributed by atoms with Gasteiger partial charge in [0.15, 0.2) is 6.61 Å². The molecule has 0 radical (unpaired) electrons. The monoisotopic (exact) mass is 290 g/mol. The highest BCUT2D eigenvalue weighted by molar-refractivity contribution is 5.92. The molecule has 2 rings (SSSR count). The summed E-state index contributed by atoms with van der Waals surface area (Å²) in [7, 11) is 0. The van der Waals surface area contributed by atoms with Crippen LogP contribution in [0, 0.1) is 11.8 Å². The van der Waals surface area contributed by atoms with Gasteiger partial charge in [0.25, 0.3) is 5.91 Å². The van der Waals surface area contributed by atoms with Crippen LogP contribution in [-0.4, -0.2) is 36.5 Å². The third kappa shape index (κ3) is 4.21. The average Bonchev–Trinajstić information content (AvgIpc) is 2.43. The second-order valence-corrected chi connectivity index (χ2v) is 5.95. The first-order chi connectivity index (χ1) is 9.95. The molecule has 5 heteroatoms. The number of ether oxygens (including phenoxy) is 1. The first-order valence-corrected chi connectivity index (χ1v) is 7.26. The molecule has 114 valence electrons. The van der Waals surface area contributed by atoms with Crippen molar-refractivity contribution in [3.8, 4) is 0 Å². The van der Waals surface area contributed by atoms with Crippen molar-refractivity contribution >= 4 is 17.6 Å². The Hall–Kier alpha value is -2.04. The van der Waals surface area contributed by atoms with Gasteiger partial charge < -0.3 is 15.4 Å². The topological polar surface area (TPSA) is 72.6 Å². The lowest BCUT2D eigenvalue weighted by atomic mass is 9.92. The Labute approximate surface area is 125 Å². The minimum Gasteiger partial charge on any atom is -0.452 e. The number of nitrogens with zero attached hydrogens (tertiary/aromatic N) is 1. The predicted octanol–water partition coefficient (Wildman–Crippen LogP) is 1.93. The lowest BCUT2D eigenvalue weighted by molar-refractivity contribution is -0.137. The van der Waals surface area contributed by atoms with Crippen molar-refractivity contribution in [1.82, 2.24) is 4.90 Å². The molecule has 0 bridgehead atoms. The fourth-order valence-corrected chi connectivity index (χ4v) is 2.83. The first-order valence-electron chi connectivity index (χ1n) is 7.26. The molecular formula is C16H22N2O3. The largest absolute Gasteiger partial charge is 0.452 e. The van der Waals surface area contributed by atoms with E-state index < -0.39 is 5.97 Å². The summed E-state index contributed by atoms with van der Waals surface area (Å²) >= 11 is 0. The number of hydrogen-bond acceptors (Lipinski definition) is 4. The van der Waals surface area contributed by atoms with E-state index in [1.807, 2.05) is 0 Å². The minimum atomic E-state index is -0.520. The van der Waals surface area contributed by atoms with Crippen molar-refractivity contribution in [2.24, 2.45) is 11.8 Å². The number of nitrogen functional groups attached to an aromatic ring is 1. The number of carbonyl (C=O) groups is 2. The van der Waals surface area contributed by atoms with Crippen LogP contribution in [0.3, 0.4) is 0 Å². The normalized spacial score (nSPS) is 21.9. The lowest BCUT2D eigenvalue weighted by Gasteiger charge is -2.34. The van der Waals surface area contributed by atoms with Crippen molar-refractivity contribution in [3.05, 3.63) is 29.8 Å². The van der Waals surface area contributed by atoms with Gasteiger partial charge in [-0.05, 0) is 36.5 Å². The molecule has 1 aromatic carbocycles. The number of amides is 1. The van der Waals surface area contributed by atoms with Crippen LogP contribution in [0.1, 0.15) is 30.6 Å². The van der Waals surface area contributed by atoms with E-state index in [0.29, 0.717) is 23.1 Å². The Kier molecular flexibility index (Phi) is 4.83. The molecule has 21 heavy (non-hydrogen) atoms. The van der Waals surface area contributed by atoms with Crippen molar-refractivity contribution in [2.75, 3.05) is 25.4 Å². The molecule has 2 unspecified atom stereocenters. The quantitative estimate of drug-likeness (QED) is 0.682. The van der Waals surface area contributed by atoms with Gasteiger partial charge in [-0.3, -0.25) is 4.79 Å². The Morgan fingerprint density at radius 1 is 1.29 bits per heavy atom. The third-order valence-electron chi connectivity index (χ3n) is 3.67. The molecule has 1 aliphatic heterocycles. The number of esters is 1. The van der Waals surface area contributed by atoms with Crippen LogP contribution < -0.4 is 5.73 Å². The molecule has 0 saturated carbocycles. The van der Waals surface area contributed by atoms with Gasteiger partial charge in [-0.25, -0.2) is 4.79 Å². The summed E-state index contributed by atoms with van der Waals surface area (Å²) in [6, 6.07) is 6.53. The third-order valence-corrected chi connectivity index (χ3v) is 3.67. The summed E-state index contributed by atoms with van der Waals surface area (Å²) in [6.45, 7) is 5.52. The van der Waals surface area contributed by atoms with Crippen molar-refractivity contribution in [1.29, 1.82) is 0 Å². The number of rotatable bonds is 3. The summed E-state index contributed by atoms with van der Waals surface area (Å²) in [5.74, 6) is 0.323. The molecule has 1 heterocycles. The summed E-state index contributed by atoms with van der Waals surface area (Å²) in [4.78, 5) is 25.8. The number of hydrogen-bond donors (Lipinski definition) is 1. The van der Waals surface area contributed by atoms with Crippen molar-refractivity contribution in [3.63, 3.8) is 0 Å². The Morgan fingerprint density at radius 2 is 1.95 bits per heavy atom. The van der Waals surface area contributed by atoms with Crippen molar-refractivity contribution < 1.29 is 14.3 Å². The molecule has 1 fully saturated rings. The van der Waals surface area contributed by atoms with E-state index in [9.17, 15) is 9.59 Å². The number of anilines is 1. The van der Waals surface area contributed by atoms with E-state index in [-0.39, 0.29) is 12.5 Å². The van der Waals surface area contributed by atoms with Crippen molar-refractivity contribution in [2.45, 2.75) is 20.3 Å². The Morgan fingerprint density at radius 3 is 2.57 bits per heavy atom. The Bertz CT molecular complexity index is 520. The molecule has 0 spiro atoms. The Balaban J connectivity index is 1.87. The standard InChI is InChI=1S/C16H22N2O3/c1-11-6-12(2)9-18(8-11)15(19)10-21-16(20)13-4-3-5-14(17)7-13/h3-5,7,11-12H,6,8-10,17H2,1-2H3. The lowest BCUT2D eigenvalue weighted by Crippen LogP contribution is -2.44. The van der Waals surface area contributed by atoms with Crippen LogP contribution in [0.4, 0.5) is 5.69 Å². The molecule has 0 aromatic heterocycles. The van der Waals surface area contributed by atoms with Gasteiger partial charge in [0.05, 0.1) is 5.56 Å². The second-order valence-electron chi connectivity index (χ2n) is 5.95. The number of likely N-dealkylation sites (tertiary alicyclic amines) is 1. The van der Waals surface area contributed by atoms with Gasteiger partial charge >= 0.3 is 5.97 Å². The molecule has 1 aliphatic rings. The fourth-order valence-electron chi connectivity index (χ4n) is 2.83. The predicted molar refractivity (Wildman–Crippen MR) is 80.7 cm³/mol. The van der Waals surface area contributed by atoms with Gasteiger partial charge in [0, 0.05) is 18.8 Å². The highest BCUT2D eigenvalue weighted by Gasteiger charge is 2.26. The number of nitrogens with two attached hydrogens (primary N) is 1. The van der Waals surface area contributed by atoms with E-state index >= 15 is 0 Å². The summed E-state index contributed by atoms with van der Waals surface area (Å²) in [5, 5.41) is 0. The molecule has 5 nitrogen and oxygen atoms in total. The van der Waals surface area contributed by atoms with E-state index in [1.54, 1.807) is 23.1 Å². The summed E-state index contributed by atoms with van der Waals surface area (Å²) in [6.07, 6.45) is 1.13. The molecule has 1 amide bonds. The smallest absolute Gasteiger partial charge is 0.338 e. The van der Waals surface area contributed by atoms with Crippen LogP contribution in [-0.2, 0) is 9.53 Å². The second kappa shape index (κ2) is 6.61. The van der Waals surface area contributed by atoms with Crippen LogP contribution in [0.15, 0.2) is 24.3 Å². The minimum absolute atomic E-state index is 0.134. The molecule has 1 saturated heterocycles. The van der Waals surface area contributed by atoms with Crippen LogP contribution in [0.5, 0.6) is 0 Å². The zero-order valence-corrected chi connectivity index (χ0v) is 12.5. The van der Waals surface area contributed by atoms with Crippen LogP contribution in [0.25, 0.3) is 0 Å². The number of benzene rings is 1. The van der Waals surface area contributed by atoms with E-state index in [1.165, 1.54) is 6.07 Å². The van der Waals surface area contributed by atoms with Crippen LogP contribution in [0.2, 0.25) is 0 Å². The average molecular weight is 290 g/mol. The van der Waals surface area contributed by atoms with E-state index in [4.69, 9.17) is 10.5 Å². The first kappa shape index (κ1) is 15.4. The highest BCUT2D eigenvalue weighted by Crippen LogP contribution is 2.21. The summed E-state index contributed by atoms with van der Waals surface area (Å²) in [5.41, 5.74) is 6.48. The molecule has 2 N–H and O–H groups in total. The molecule has 2 atom stereocenters. The SMILES string of the molecule is CC1CC(C)CN(C(=O)COC(=O)c2cccc(N)c2)C1. The highest BCUT2D eigenvalue weighted by atomic mass is 16.5. The zero-order chi connectivity index (χ0) is 15.4. The van der Waals surface area contributed by atoms with E-state index in [0.717, 1.165) is 19.5 Å². The molecule has 1 aromatic rings. The molecular weight excluding hydrogens is 268 g/mol. The van der Waals surface area contributed by atoms with Gasteiger partial charge in [0.2, 0.25) is 0 Å². The zero-order valence-electron chi connectivity index (χ0n) is 12.5. The number of piperidine rings is 1. The summed E-state index contributed by atoms with van der Waals surface area (Å²) < 4.78 is 5.08. The van der Waals surface area contributed by atoms with Crippen LogP contribution >= 0.6 is 0 Å². The maximum atomic E-state index is 12.1. The number of carbonyl (C=O) groups excluding carboxylic acids is 2.